The van der Waals surface area contributed by atoms with Crippen LogP contribution in [0, 0.1) is 5.41 Å². The lowest BCUT2D eigenvalue weighted by Crippen LogP contribution is -2.57. The minimum Gasteiger partial charge on any atom is -0.381 e. The predicted octanol–water partition coefficient (Wildman–Crippen LogP) is -1.26. The number of morpholine rings is 1. The third-order valence-electron chi connectivity index (χ3n) is 5.68. The average molecular weight is 354 g/mol. The Morgan fingerprint density at radius 2 is 1.44 bits per heavy atom. The lowest BCUT2D eigenvalue weighted by atomic mass is 9.78. The zero-order valence-electron chi connectivity index (χ0n) is 15.0. The van der Waals surface area contributed by atoms with Gasteiger partial charge in [-0.1, -0.05) is 0 Å². The standard InChI is InChI=1S/C17H30N4O4/c18-14-17(1-9-24-10-2-17)16(23)21-5-3-19(4-6-21)13-15(22)20-7-11-25-12-8-20/h1-14,18H2. The van der Waals surface area contributed by atoms with Crippen LogP contribution in [0.2, 0.25) is 0 Å². The van der Waals surface area contributed by atoms with Gasteiger partial charge in [0.05, 0.1) is 25.2 Å². The molecule has 3 fully saturated rings. The first-order valence-electron chi connectivity index (χ1n) is 9.30. The van der Waals surface area contributed by atoms with Crippen LogP contribution in [0.25, 0.3) is 0 Å². The number of piperazine rings is 1. The van der Waals surface area contributed by atoms with Crippen LogP contribution in [0.3, 0.4) is 0 Å². The van der Waals surface area contributed by atoms with Crippen molar-refractivity contribution in [1.29, 1.82) is 0 Å². The summed E-state index contributed by atoms with van der Waals surface area (Å²) in [7, 11) is 0. The van der Waals surface area contributed by atoms with E-state index in [-0.39, 0.29) is 11.8 Å². The van der Waals surface area contributed by atoms with Crippen molar-refractivity contribution in [1.82, 2.24) is 14.7 Å². The van der Waals surface area contributed by atoms with Crippen molar-refractivity contribution in [3.05, 3.63) is 0 Å². The largest absolute Gasteiger partial charge is 0.381 e. The van der Waals surface area contributed by atoms with E-state index in [1.807, 2.05) is 9.80 Å². The lowest BCUT2D eigenvalue weighted by Gasteiger charge is -2.42. The second-order valence-corrected chi connectivity index (χ2v) is 7.16. The van der Waals surface area contributed by atoms with Crippen LogP contribution in [0.4, 0.5) is 0 Å². The number of carbonyl (C=O) groups is 2. The van der Waals surface area contributed by atoms with Crippen LogP contribution in [-0.4, -0.2) is 105 Å². The predicted molar refractivity (Wildman–Crippen MR) is 92.0 cm³/mol. The minimum atomic E-state index is -0.454. The monoisotopic (exact) mass is 354 g/mol. The maximum absolute atomic E-state index is 13.0. The highest BCUT2D eigenvalue weighted by Gasteiger charge is 2.42. The van der Waals surface area contributed by atoms with E-state index in [9.17, 15) is 9.59 Å². The Morgan fingerprint density at radius 1 is 0.840 bits per heavy atom. The number of nitrogens with two attached hydrogens (primary N) is 1. The summed E-state index contributed by atoms with van der Waals surface area (Å²) in [6.45, 7) is 7.43. The minimum absolute atomic E-state index is 0.158. The van der Waals surface area contributed by atoms with E-state index in [4.69, 9.17) is 15.2 Å². The molecule has 0 bridgehead atoms. The van der Waals surface area contributed by atoms with Gasteiger partial charge in [0.25, 0.3) is 0 Å². The molecule has 25 heavy (non-hydrogen) atoms. The summed E-state index contributed by atoms with van der Waals surface area (Å²) in [6.07, 6.45) is 1.41. The number of amides is 2. The van der Waals surface area contributed by atoms with Crippen LogP contribution < -0.4 is 5.73 Å². The van der Waals surface area contributed by atoms with Crippen LogP contribution in [-0.2, 0) is 19.1 Å². The SMILES string of the molecule is NCC1(C(=O)N2CCN(CC(=O)N3CCOCC3)CC2)CCOCC1. The number of hydrogen-bond acceptors (Lipinski definition) is 6. The maximum atomic E-state index is 13.0. The Kier molecular flexibility index (Phi) is 6.27. The Hall–Kier alpha value is -1.22. The van der Waals surface area contributed by atoms with Gasteiger partial charge in [0.15, 0.2) is 0 Å². The molecule has 8 heteroatoms. The molecule has 3 aliphatic rings. The van der Waals surface area contributed by atoms with Gasteiger partial charge in [-0.25, -0.2) is 0 Å². The van der Waals surface area contributed by atoms with E-state index in [1.54, 1.807) is 0 Å². The van der Waals surface area contributed by atoms with Crippen LogP contribution in [0.5, 0.6) is 0 Å². The van der Waals surface area contributed by atoms with Gasteiger partial charge < -0.3 is 25.0 Å². The number of nitrogens with zero attached hydrogens (tertiary/aromatic N) is 3. The highest BCUT2D eigenvalue weighted by Crippen LogP contribution is 2.32. The highest BCUT2D eigenvalue weighted by atomic mass is 16.5. The summed E-state index contributed by atoms with van der Waals surface area (Å²) in [6, 6.07) is 0. The lowest BCUT2D eigenvalue weighted by molar-refractivity contribution is -0.149. The van der Waals surface area contributed by atoms with E-state index in [0.717, 1.165) is 13.1 Å². The molecule has 0 aromatic carbocycles. The van der Waals surface area contributed by atoms with Gasteiger partial charge in [0.2, 0.25) is 11.8 Å². The van der Waals surface area contributed by atoms with Crippen molar-refractivity contribution in [2.75, 3.05) is 78.8 Å². The summed E-state index contributed by atoms with van der Waals surface area (Å²) >= 11 is 0. The molecule has 8 nitrogen and oxygen atoms in total. The Morgan fingerprint density at radius 3 is 2.04 bits per heavy atom. The quantitative estimate of drug-likeness (QED) is 0.678. The molecule has 0 aromatic rings. The van der Waals surface area contributed by atoms with Crippen molar-refractivity contribution >= 4 is 11.8 Å². The normalized spacial score (nSPS) is 25.0. The Balaban J connectivity index is 1.47. The fourth-order valence-corrected chi connectivity index (χ4v) is 3.82. The molecule has 2 amide bonds. The van der Waals surface area contributed by atoms with E-state index < -0.39 is 5.41 Å². The molecule has 142 valence electrons. The number of rotatable bonds is 4. The van der Waals surface area contributed by atoms with Gasteiger partial charge >= 0.3 is 0 Å². The third kappa shape index (κ3) is 4.31. The first-order chi connectivity index (χ1) is 12.1. The second-order valence-electron chi connectivity index (χ2n) is 7.16. The average Bonchev–Trinajstić information content (AvgIpc) is 2.69. The van der Waals surface area contributed by atoms with Crippen molar-refractivity contribution in [2.24, 2.45) is 11.1 Å². The fraction of sp³-hybridized carbons (Fsp3) is 0.882. The van der Waals surface area contributed by atoms with Gasteiger partial charge in [-0.3, -0.25) is 14.5 Å². The molecule has 0 aromatic heterocycles. The van der Waals surface area contributed by atoms with E-state index in [1.165, 1.54) is 0 Å². The van der Waals surface area contributed by atoms with Crippen molar-refractivity contribution < 1.29 is 19.1 Å². The molecule has 0 saturated carbocycles. The molecule has 3 rings (SSSR count). The molecule has 3 aliphatic heterocycles. The topological polar surface area (TPSA) is 88.3 Å². The molecule has 0 atom stereocenters. The molecule has 3 heterocycles. The summed E-state index contributed by atoms with van der Waals surface area (Å²) in [4.78, 5) is 31.2. The number of carbonyl (C=O) groups excluding carboxylic acids is 2. The second kappa shape index (κ2) is 8.44. The van der Waals surface area contributed by atoms with Crippen LogP contribution >= 0.6 is 0 Å². The molecule has 0 spiro atoms. The van der Waals surface area contributed by atoms with Crippen molar-refractivity contribution in [2.45, 2.75) is 12.8 Å². The smallest absolute Gasteiger partial charge is 0.236 e. The fourth-order valence-electron chi connectivity index (χ4n) is 3.82. The van der Waals surface area contributed by atoms with Gasteiger partial charge in [0.1, 0.15) is 0 Å². The maximum Gasteiger partial charge on any atom is 0.236 e. The Labute approximate surface area is 149 Å². The highest BCUT2D eigenvalue weighted by molar-refractivity contribution is 5.83. The zero-order valence-corrected chi connectivity index (χ0v) is 15.0. The Bertz CT molecular complexity index is 467. The van der Waals surface area contributed by atoms with E-state index in [2.05, 4.69) is 4.90 Å². The molecule has 2 N–H and O–H groups in total. The molecule has 3 saturated heterocycles. The third-order valence-corrected chi connectivity index (χ3v) is 5.68. The first-order valence-corrected chi connectivity index (χ1v) is 9.30. The van der Waals surface area contributed by atoms with E-state index in [0.29, 0.717) is 78.5 Å². The van der Waals surface area contributed by atoms with Gasteiger partial charge in [-0.2, -0.15) is 0 Å². The zero-order chi connectivity index (χ0) is 17.7. The number of hydrogen-bond donors (Lipinski definition) is 1. The molecular weight excluding hydrogens is 324 g/mol. The van der Waals surface area contributed by atoms with Gasteiger partial charge in [-0.05, 0) is 12.8 Å². The van der Waals surface area contributed by atoms with Crippen molar-refractivity contribution in [3.8, 4) is 0 Å². The first kappa shape index (κ1) is 18.6. The summed E-state index contributed by atoms with van der Waals surface area (Å²) < 4.78 is 10.7. The van der Waals surface area contributed by atoms with Crippen molar-refractivity contribution in [3.63, 3.8) is 0 Å². The van der Waals surface area contributed by atoms with Crippen LogP contribution in [0.1, 0.15) is 12.8 Å². The van der Waals surface area contributed by atoms with Crippen LogP contribution in [0.15, 0.2) is 0 Å². The summed E-state index contributed by atoms with van der Waals surface area (Å²) in [5.74, 6) is 0.323. The molecule has 0 aliphatic carbocycles. The van der Waals surface area contributed by atoms with E-state index >= 15 is 0 Å². The molecular formula is C17H30N4O4. The molecule has 0 radical (unpaired) electrons. The summed E-state index contributed by atoms with van der Waals surface area (Å²) in [5.41, 5.74) is 5.49. The number of ether oxygens (including phenoxy) is 2. The van der Waals surface area contributed by atoms with Gasteiger partial charge in [-0.15, -0.1) is 0 Å². The molecule has 0 unspecified atom stereocenters. The van der Waals surface area contributed by atoms with Gasteiger partial charge in [0, 0.05) is 59.0 Å². The summed E-state index contributed by atoms with van der Waals surface area (Å²) in [5, 5.41) is 0.